The van der Waals surface area contributed by atoms with Crippen molar-refractivity contribution in [2.75, 3.05) is 0 Å². The van der Waals surface area contributed by atoms with Gasteiger partial charge >= 0.3 is 0 Å². The van der Waals surface area contributed by atoms with E-state index < -0.39 is 0 Å². The Labute approximate surface area is 157 Å². The van der Waals surface area contributed by atoms with Crippen LogP contribution in [0.2, 0.25) is 0 Å². The van der Waals surface area contributed by atoms with E-state index in [0.29, 0.717) is 0 Å². The summed E-state index contributed by atoms with van der Waals surface area (Å²) in [7, 11) is 0. The molecular weight excluding hydrogens is 430 g/mol. The number of fused-ring (bicyclic) bond motifs is 2. The van der Waals surface area contributed by atoms with Gasteiger partial charge < -0.3 is 0 Å². The van der Waals surface area contributed by atoms with Gasteiger partial charge in [-0.05, 0) is 43.7 Å². The van der Waals surface area contributed by atoms with Crippen molar-refractivity contribution < 1.29 is 0 Å². The summed E-state index contributed by atoms with van der Waals surface area (Å²) < 4.78 is 1.06. The molecule has 0 bridgehead atoms. The van der Waals surface area contributed by atoms with Gasteiger partial charge in [0.1, 0.15) is 5.69 Å². The van der Waals surface area contributed by atoms with E-state index in [1.54, 1.807) is 0 Å². The Morgan fingerprint density at radius 1 is 1.00 bits per heavy atom. The molecule has 0 radical (unpaired) electrons. The maximum absolute atomic E-state index is 5.00. The van der Waals surface area contributed by atoms with Crippen molar-refractivity contribution in [2.45, 2.75) is 24.2 Å². The smallest absolute Gasteiger partial charge is 0.112 e. The molecule has 3 nitrogen and oxygen atoms in total. The minimum absolute atomic E-state index is 0.148. The van der Waals surface area contributed by atoms with Crippen molar-refractivity contribution in [3.63, 3.8) is 0 Å². The molecule has 24 heavy (non-hydrogen) atoms. The molecule has 0 amide bonds. The van der Waals surface area contributed by atoms with Crippen molar-refractivity contribution in [1.29, 1.82) is 0 Å². The number of nitrogens with zero attached hydrogens (tertiary/aromatic N) is 3. The molecule has 1 aliphatic heterocycles. The molecule has 1 unspecified atom stereocenters. The Hall–Kier alpha value is -1.59. The highest BCUT2D eigenvalue weighted by molar-refractivity contribution is 9.10. The maximum Gasteiger partial charge on any atom is 0.112 e. The summed E-state index contributed by atoms with van der Waals surface area (Å²) in [6.45, 7) is 4.26. The first-order valence-electron chi connectivity index (χ1n) is 7.72. The van der Waals surface area contributed by atoms with Crippen molar-refractivity contribution in [1.82, 2.24) is 10.2 Å². The van der Waals surface area contributed by atoms with Crippen LogP contribution in [0.4, 0.5) is 0 Å². The molecule has 1 atom stereocenters. The van der Waals surface area contributed by atoms with E-state index in [4.69, 9.17) is 4.99 Å². The molecule has 1 aliphatic rings. The Morgan fingerprint density at radius 3 is 2.62 bits per heavy atom. The normalized spacial score (nSPS) is 19.0. The minimum Gasteiger partial charge on any atom is -0.275 e. The van der Waals surface area contributed by atoms with E-state index in [2.05, 4.69) is 80.2 Å². The van der Waals surface area contributed by atoms with Gasteiger partial charge in [-0.25, -0.2) is 0 Å². The lowest BCUT2D eigenvalue weighted by Crippen LogP contribution is -2.32. The quantitative estimate of drug-likeness (QED) is 0.467. The number of aliphatic imine (C=N–C) groups is 1. The molecule has 0 spiro atoms. The number of aromatic nitrogens is 2. The summed E-state index contributed by atoms with van der Waals surface area (Å²) in [4.78, 5) is 5.14. The van der Waals surface area contributed by atoms with E-state index in [0.717, 1.165) is 32.3 Å². The fourth-order valence-corrected chi connectivity index (χ4v) is 3.90. The first kappa shape index (κ1) is 15.9. The van der Waals surface area contributed by atoms with Crippen LogP contribution >= 0.6 is 31.9 Å². The molecule has 4 rings (SSSR count). The molecule has 2 aromatic carbocycles. The summed E-state index contributed by atoms with van der Waals surface area (Å²) in [6, 6.07) is 16.4. The lowest BCUT2D eigenvalue weighted by Gasteiger charge is -2.34. The van der Waals surface area contributed by atoms with E-state index in [-0.39, 0.29) is 10.4 Å². The second-order valence-corrected chi connectivity index (χ2v) is 8.33. The first-order chi connectivity index (χ1) is 11.5. The lowest BCUT2D eigenvalue weighted by molar-refractivity contribution is 0.508. The van der Waals surface area contributed by atoms with Crippen molar-refractivity contribution in [2.24, 2.45) is 4.99 Å². The Balaban J connectivity index is 1.95. The number of halogens is 2. The molecule has 0 aliphatic carbocycles. The van der Waals surface area contributed by atoms with Crippen LogP contribution in [0.1, 0.15) is 35.5 Å². The largest absolute Gasteiger partial charge is 0.275 e. The summed E-state index contributed by atoms with van der Waals surface area (Å²) >= 11 is 7.39. The third-order valence-electron chi connectivity index (χ3n) is 4.30. The highest BCUT2D eigenvalue weighted by Crippen LogP contribution is 2.43. The zero-order valence-electron chi connectivity index (χ0n) is 13.3. The van der Waals surface area contributed by atoms with Crippen LogP contribution in [-0.4, -0.2) is 21.4 Å². The standard InChI is InChI=1S/C19H15Br2N3/c1-19(2)18(21)14-10-12(20)7-8-13(14)17(22-19)16-9-11-5-3-4-6-15(11)23-24-16/h3-10,18H,1-2H3. The molecule has 0 saturated heterocycles. The number of hydrogen-bond acceptors (Lipinski definition) is 3. The van der Waals surface area contributed by atoms with Crippen LogP contribution in [0, 0.1) is 0 Å². The zero-order chi connectivity index (χ0) is 16.9. The Morgan fingerprint density at radius 2 is 1.79 bits per heavy atom. The first-order valence-corrected chi connectivity index (χ1v) is 9.43. The van der Waals surface area contributed by atoms with Gasteiger partial charge in [0.2, 0.25) is 0 Å². The van der Waals surface area contributed by atoms with Gasteiger partial charge in [0.15, 0.2) is 0 Å². The fourth-order valence-electron chi connectivity index (χ4n) is 3.04. The van der Waals surface area contributed by atoms with Gasteiger partial charge in [-0.15, -0.1) is 10.2 Å². The second-order valence-electron chi connectivity index (χ2n) is 6.50. The fraction of sp³-hybridized carbons (Fsp3) is 0.211. The third kappa shape index (κ3) is 2.60. The third-order valence-corrected chi connectivity index (χ3v) is 6.41. The topological polar surface area (TPSA) is 38.1 Å². The average Bonchev–Trinajstić information content (AvgIpc) is 2.58. The highest BCUT2D eigenvalue weighted by Gasteiger charge is 2.36. The molecule has 1 aromatic heterocycles. The minimum atomic E-state index is -0.267. The van der Waals surface area contributed by atoms with Gasteiger partial charge in [-0.2, -0.15) is 0 Å². The Bertz CT molecular complexity index is 979. The summed E-state index contributed by atoms with van der Waals surface area (Å²) in [6.07, 6.45) is 0. The van der Waals surface area contributed by atoms with Gasteiger partial charge in [0, 0.05) is 15.4 Å². The van der Waals surface area contributed by atoms with Crippen molar-refractivity contribution in [3.8, 4) is 0 Å². The van der Waals surface area contributed by atoms with Gasteiger partial charge in [0.25, 0.3) is 0 Å². The molecule has 0 saturated carbocycles. The summed E-state index contributed by atoms with van der Waals surface area (Å²) in [5, 5.41) is 9.87. The number of alkyl halides is 1. The van der Waals surface area contributed by atoms with Crippen LogP contribution in [0.25, 0.3) is 10.9 Å². The van der Waals surface area contributed by atoms with Gasteiger partial charge in [-0.1, -0.05) is 56.1 Å². The predicted octanol–water partition coefficient (Wildman–Crippen LogP) is 5.46. The maximum atomic E-state index is 5.00. The van der Waals surface area contributed by atoms with E-state index in [1.807, 2.05) is 24.3 Å². The molecular formula is C19H15Br2N3. The SMILES string of the molecule is CC1(C)N=C(c2cc3ccccc3nn2)c2ccc(Br)cc2C1Br. The molecule has 0 fully saturated rings. The van der Waals surface area contributed by atoms with Crippen molar-refractivity contribution >= 4 is 48.5 Å². The molecule has 3 aromatic rings. The van der Waals surface area contributed by atoms with Crippen molar-refractivity contribution in [3.05, 3.63) is 69.8 Å². The molecule has 0 N–H and O–H groups in total. The van der Waals surface area contributed by atoms with Crippen LogP contribution in [0.5, 0.6) is 0 Å². The molecule has 5 heteroatoms. The monoisotopic (exact) mass is 443 g/mol. The number of benzene rings is 2. The van der Waals surface area contributed by atoms with Gasteiger partial charge in [-0.3, -0.25) is 4.99 Å². The van der Waals surface area contributed by atoms with Crippen LogP contribution in [-0.2, 0) is 0 Å². The second kappa shape index (κ2) is 5.74. The molecule has 2 heterocycles. The molecule has 120 valence electrons. The van der Waals surface area contributed by atoms with Crippen LogP contribution in [0.15, 0.2) is 58.0 Å². The van der Waals surface area contributed by atoms with Crippen LogP contribution < -0.4 is 0 Å². The van der Waals surface area contributed by atoms with E-state index in [9.17, 15) is 0 Å². The highest BCUT2D eigenvalue weighted by atomic mass is 79.9. The number of hydrogen-bond donors (Lipinski definition) is 0. The zero-order valence-corrected chi connectivity index (χ0v) is 16.5. The van der Waals surface area contributed by atoms with E-state index >= 15 is 0 Å². The van der Waals surface area contributed by atoms with Gasteiger partial charge in [0.05, 0.1) is 21.6 Å². The number of rotatable bonds is 1. The van der Waals surface area contributed by atoms with E-state index in [1.165, 1.54) is 5.56 Å². The summed E-state index contributed by atoms with van der Waals surface area (Å²) in [5.41, 5.74) is 4.65. The average molecular weight is 445 g/mol. The van der Waals surface area contributed by atoms with Crippen LogP contribution in [0.3, 0.4) is 0 Å². The predicted molar refractivity (Wildman–Crippen MR) is 105 cm³/mol. The lowest BCUT2D eigenvalue weighted by atomic mass is 9.86. The summed E-state index contributed by atoms with van der Waals surface area (Å²) in [5.74, 6) is 0. The Kier molecular flexibility index (Phi) is 3.81.